The molecule has 4 aliphatic rings. The lowest BCUT2D eigenvalue weighted by Crippen LogP contribution is -2.48. The monoisotopic (exact) mass is 450 g/mol. The van der Waals surface area contributed by atoms with Crippen LogP contribution in [0.15, 0.2) is 0 Å². The molecule has 0 radical (unpaired) electrons. The highest BCUT2D eigenvalue weighted by molar-refractivity contribution is 6.01. The first-order chi connectivity index (χ1) is 15.4. The summed E-state index contributed by atoms with van der Waals surface area (Å²) in [5.74, 6) is -0.494. The molecule has 6 nitrogen and oxygen atoms in total. The fraction of sp³-hybridized carbons (Fsp3) is 0.885. The van der Waals surface area contributed by atoms with Gasteiger partial charge < -0.3 is 14.2 Å². The Morgan fingerprint density at radius 3 is 1.94 bits per heavy atom. The van der Waals surface area contributed by atoms with E-state index in [2.05, 4.69) is 0 Å². The Labute approximate surface area is 193 Å². The topological polar surface area (TPSA) is 78.9 Å². The van der Waals surface area contributed by atoms with Crippen LogP contribution < -0.4 is 0 Å². The van der Waals surface area contributed by atoms with Crippen molar-refractivity contribution < 1.29 is 28.6 Å². The molecule has 0 aromatic carbocycles. The van der Waals surface area contributed by atoms with Crippen molar-refractivity contribution in [2.45, 2.75) is 85.0 Å². The van der Waals surface area contributed by atoms with E-state index in [9.17, 15) is 14.4 Å². The van der Waals surface area contributed by atoms with Gasteiger partial charge in [-0.2, -0.15) is 0 Å². The summed E-state index contributed by atoms with van der Waals surface area (Å²) in [6, 6.07) is 0. The van der Waals surface area contributed by atoms with Gasteiger partial charge in [-0.15, -0.1) is 0 Å². The molecule has 4 aliphatic carbocycles. The summed E-state index contributed by atoms with van der Waals surface area (Å²) in [4.78, 5) is 36.9. The Kier molecular flexibility index (Phi) is 9.15. The zero-order chi connectivity index (χ0) is 23.1. The van der Waals surface area contributed by atoms with Crippen LogP contribution >= 0.6 is 0 Å². The first-order valence-electron chi connectivity index (χ1n) is 12.8. The number of hydrogen-bond acceptors (Lipinski definition) is 6. The third-order valence-electron chi connectivity index (χ3n) is 7.85. The zero-order valence-corrected chi connectivity index (χ0v) is 20.2. The fourth-order valence-corrected chi connectivity index (χ4v) is 7.02. The van der Waals surface area contributed by atoms with Crippen LogP contribution in [0.25, 0.3) is 0 Å². The number of hydrogen-bond donors (Lipinski definition) is 0. The maximum Gasteiger partial charge on any atom is 0.317 e. The molecule has 32 heavy (non-hydrogen) atoms. The molecule has 182 valence electrons. The van der Waals surface area contributed by atoms with Gasteiger partial charge in [0, 0.05) is 6.61 Å². The molecule has 4 saturated carbocycles. The highest BCUT2D eigenvalue weighted by Crippen LogP contribution is 2.60. The number of Topliss-reactive ketones (excluding diaryl/α,β-unsaturated/α-hetero) is 1. The minimum atomic E-state index is -1.08. The Bertz CT molecular complexity index is 621. The lowest BCUT2D eigenvalue weighted by molar-refractivity contribution is -0.163. The fourth-order valence-electron chi connectivity index (χ4n) is 7.02. The smallest absolute Gasteiger partial charge is 0.317 e. The summed E-state index contributed by atoms with van der Waals surface area (Å²) < 4.78 is 16.3. The minimum Gasteiger partial charge on any atom is -0.466 e. The van der Waals surface area contributed by atoms with Gasteiger partial charge in [-0.05, 0) is 95.3 Å². The van der Waals surface area contributed by atoms with Gasteiger partial charge in [0.15, 0.2) is 0 Å². The number of carbonyl (C=O) groups excluding carboxylic acids is 3. The van der Waals surface area contributed by atoms with Crippen molar-refractivity contribution in [3.63, 3.8) is 0 Å². The standard InChI is InChI=1S/C26H42O6/c1-4-31-24(28)22(23(18(3)27)25(29)32-5-2)9-7-6-8-10-30-17-26-14-19-11-20(15-26)13-21(12-19)16-26/h19-23H,4-17H2,1-3H3/t19?,20?,21?,22-,23-,26?/m0/s1. The molecular formula is C26H42O6. The molecule has 4 fully saturated rings. The second kappa shape index (κ2) is 11.6. The van der Waals surface area contributed by atoms with Crippen molar-refractivity contribution >= 4 is 17.7 Å². The molecule has 0 aromatic heterocycles. The van der Waals surface area contributed by atoms with Gasteiger partial charge in [0.1, 0.15) is 11.7 Å². The SMILES string of the molecule is CCOC(=O)[C@@H](C(C)=O)[C@H](CCCCCOCC12CC3CC(CC(C3)C1)C2)C(=O)OCC. The van der Waals surface area contributed by atoms with Gasteiger partial charge in [0.2, 0.25) is 0 Å². The molecule has 0 aliphatic heterocycles. The van der Waals surface area contributed by atoms with Gasteiger partial charge >= 0.3 is 11.9 Å². The predicted molar refractivity (Wildman–Crippen MR) is 121 cm³/mol. The Morgan fingerprint density at radius 2 is 1.41 bits per heavy atom. The van der Waals surface area contributed by atoms with Crippen molar-refractivity contribution in [3.8, 4) is 0 Å². The van der Waals surface area contributed by atoms with Crippen LogP contribution in [0.1, 0.15) is 85.0 Å². The van der Waals surface area contributed by atoms with E-state index in [1.54, 1.807) is 13.8 Å². The number of carbonyl (C=O) groups is 3. The summed E-state index contributed by atoms with van der Waals surface area (Å²) in [6.45, 7) is 6.80. The average Bonchev–Trinajstić information content (AvgIpc) is 2.71. The highest BCUT2D eigenvalue weighted by Gasteiger charge is 2.50. The van der Waals surface area contributed by atoms with Gasteiger partial charge in [-0.1, -0.05) is 12.8 Å². The molecule has 2 atom stereocenters. The normalized spacial score (nSPS) is 30.0. The quantitative estimate of drug-likeness (QED) is 0.216. The summed E-state index contributed by atoms with van der Waals surface area (Å²) >= 11 is 0. The second-order valence-electron chi connectivity index (χ2n) is 10.5. The molecule has 0 N–H and O–H groups in total. The first kappa shape index (κ1) is 25.2. The molecule has 0 saturated heterocycles. The summed E-state index contributed by atoms with van der Waals surface area (Å²) in [5.41, 5.74) is 0.443. The number of unbranched alkanes of at least 4 members (excludes halogenated alkanes) is 2. The number of ether oxygens (including phenoxy) is 3. The Morgan fingerprint density at radius 1 is 0.844 bits per heavy atom. The van der Waals surface area contributed by atoms with Crippen molar-refractivity contribution in [1.29, 1.82) is 0 Å². The van der Waals surface area contributed by atoms with Crippen LogP contribution in [-0.2, 0) is 28.6 Å². The number of rotatable bonds is 14. The molecule has 6 heteroatoms. The summed E-state index contributed by atoms with van der Waals surface area (Å²) in [6.07, 6.45) is 11.4. The number of esters is 2. The van der Waals surface area contributed by atoms with Crippen molar-refractivity contribution in [1.82, 2.24) is 0 Å². The Hall–Kier alpha value is -1.43. The second-order valence-corrected chi connectivity index (χ2v) is 10.5. The first-order valence-corrected chi connectivity index (χ1v) is 12.8. The van der Waals surface area contributed by atoms with E-state index >= 15 is 0 Å². The van der Waals surface area contributed by atoms with E-state index in [4.69, 9.17) is 14.2 Å². The van der Waals surface area contributed by atoms with E-state index in [1.165, 1.54) is 45.4 Å². The zero-order valence-electron chi connectivity index (χ0n) is 20.2. The Balaban J connectivity index is 1.40. The lowest BCUT2D eigenvalue weighted by Gasteiger charge is -2.56. The highest BCUT2D eigenvalue weighted by atomic mass is 16.5. The van der Waals surface area contributed by atoms with Crippen molar-refractivity contribution in [2.75, 3.05) is 26.4 Å². The number of ketones is 1. The van der Waals surface area contributed by atoms with E-state index in [0.29, 0.717) is 11.8 Å². The maximum absolute atomic E-state index is 12.5. The van der Waals surface area contributed by atoms with E-state index in [-0.39, 0.29) is 19.0 Å². The lowest BCUT2D eigenvalue weighted by atomic mass is 9.50. The van der Waals surface area contributed by atoms with Crippen molar-refractivity contribution in [3.05, 3.63) is 0 Å². The maximum atomic E-state index is 12.5. The van der Waals surface area contributed by atoms with E-state index in [1.807, 2.05) is 0 Å². The molecule has 0 aromatic rings. The van der Waals surface area contributed by atoms with E-state index in [0.717, 1.165) is 50.2 Å². The van der Waals surface area contributed by atoms with Gasteiger partial charge in [0.25, 0.3) is 0 Å². The molecule has 0 spiro atoms. The predicted octanol–water partition coefficient (Wildman–Crippen LogP) is 4.73. The van der Waals surface area contributed by atoms with Gasteiger partial charge in [-0.3, -0.25) is 14.4 Å². The van der Waals surface area contributed by atoms with Crippen molar-refractivity contribution in [2.24, 2.45) is 35.0 Å². The van der Waals surface area contributed by atoms with E-state index < -0.39 is 23.8 Å². The third-order valence-corrected chi connectivity index (χ3v) is 7.85. The third kappa shape index (κ3) is 6.33. The minimum absolute atomic E-state index is 0.180. The molecule has 0 amide bonds. The molecule has 0 unspecified atom stereocenters. The van der Waals surface area contributed by atoms with Crippen LogP contribution in [0, 0.1) is 35.0 Å². The van der Waals surface area contributed by atoms with Crippen LogP contribution in [0.4, 0.5) is 0 Å². The average molecular weight is 451 g/mol. The van der Waals surface area contributed by atoms with Crippen LogP contribution in [0.3, 0.4) is 0 Å². The van der Waals surface area contributed by atoms with Crippen LogP contribution in [0.2, 0.25) is 0 Å². The molecule has 0 heterocycles. The summed E-state index contributed by atoms with van der Waals surface area (Å²) in [7, 11) is 0. The molecule has 4 bridgehead atoms. The van der Waals surface area contributed by atoms with Gasteiger partial charge in [0.05, 0.1) is 25.7 Å². The molecule has 4 rings (SSSR count). The van der Waals surface area contributed by atoms with Gasteiger partial charge in [-0.25, -0.2) is 0 Å². The largest absolute Gasteiger partial charge is 0.466 e. The molecular weight excluding hydrogens is 408 g/mol. The summed E-state index contributed by atoms with van der Waals surface area (Å²) in [5, 5.41) is 0. The van der Waals surface area contributed by atoms with Crippen LogP contribution in [-0.4, -0.2) is 44.1 Å². The van der Waals surface area contributed by atoms with Crippen LogP contribution in [0.5, 0.6) is 0 Å².